The van der Waals surface area contributed by atoms with E-state index in [9.17, 15) is 22.7 Å². The number of nitrogens with zero attached hydrogens (tertiary/aromatic N) is 3. The normalized spacial score (nSPS) is 19.1. The number of alkyl halides is 1. The number of hydrogen-bond donors (Lipinski definition) is 2. The van der Waals surface area contributed by atoms with Crippen LogP contribution >= 0.6 is 0 Å². The summed E-state index contributed by atoms with van der Waals surface area (Å²) in [5, 5.41) is 17.6. The molecule has 4 rings (SSSR count). The number of benzene rings is 1. The van der Waals surface area contributed by atoms with Gasteiger partial charge >= 0.3 is 0 Å². The first kappa shape index (κ1) is 24.1. The summed E-state index contributed by atoms with van der Waals surface area (Å²) in [5.74, 6) is -0.340. The van der Waals surface area contributed by atoms with Gasteiger partial charge in [-0.2, -0.15) is 5.10 Å². The molecule has 1 unspecified atom stereocenters. The predicted molar refractivity (Wildman–Crippen MR) is 125 cm³/mol. The smallest absolute Gasteiger partial charge is 0.253 e. The predicted octanol–water partition coefficient (Wildman–Crippen LogP) is 2.65. The van der Waals surface area contributed by atoms with Crippen LogP contribution in [0.5, 0.6) is 5.75 Å². The number of amides is 1. The van der Waals surface area contributed by atoms with Gasteiger partial charge in [-0.1, -0.05) is 12.1 Å². The molecular formula is C23H27FN4O5S. The van der Waals surface area contributed by atoms with E-state index >= 15 is 0 Å². The third-order valence-electron chi connectivity index (χ3n) is 5.79. The molecule has 2 aromatic heterocycles. The molecule has 34 heavy (non-hydrogen) atoms. The maximum Gasteiger partial charge on any atom is 0.253 e. The third kappa shape index (κ3) is 4.76. The minimum atomic E-state index is -3.12. The quantitative estimate of drug-likeness (QED) is 0.522. The molecule has 3 aromatic rings. The molecule has 2 N–H and O–H groups in total. The van der Waals surface area contributed by atoms with Crippen LogP contribution in [-0.4, -0.2) is 63.7 Å². The Bertz CT molecular complexity index is 1340. The Morgan fingerprint density at radius 2 is 1.97 bits per heavy atom. The number of aromatic nitrogens is 3. The highest BCUT2D eigenvalue weighted by atomic mass is 32.2. The lowest BCUT2D eigenvalue weighted by atomic mass is 10.1. The number of carbonyl (C=O) groups excluding carboxylic acids is 1. The van der Waals surface area contributed by atoms with Gasteiger partial charge in [-0.3, -0.25) is 14.5 Å². The monoisotopic (exact) mass is 490 g/mol. The summed E-state index contributed by atoms with van der Waals surface area (Å²) in [7, 11) is -3.12. The summed E-state index contributed by atoms with van der Waals surface area (Å²) in [6.07, 6.45) is -0.818. The Balaban J connectivity index is 1.75. The molecule has 1 fully saturated rings. The van der Waals surface area contributed by atoms with Crippen LogP contribution in [0, 0.1) is 0 Å². The number of ether oxygens (including phenoxy) is 1. The van der Waals surface area contributed by atoms with Crippen molar-refractivity contribution in [1.82, 2.24) is 20.1 Å². The molecule has 1 aliphatic rings. The molecule has 0 spiro atoms. The van der Waals surface area contributed by atoms with Crippen LogP contribution in [0.3, 0.4) is 0 Å². The van der Waals surface area contributed by atoms with E-state index in [0.29, 0.717) is 28.0 Å². The molecule has 9 nitrogen and oxygen atoms in total. The molecule has 182 valence electrons. The highest BCUT2D eigenvalue weighted by molar-refractivity contribution is 7.93. The molecule has 1 aromatic carbocycles. The minimum absolute atomic E-state index is 0.113. The van der Waals surface area contributed by atoms with Gasteiger partial charge in [-0.25, -0.2) is 12.8 Å². The zero-order chi connectivity index (χ0) is 24.8. The van der Waals surface area contributed by atoms with Crippen molar-refractivity contribution in [1.29, 1.82) is 0 Å². The fraction of sp³-hybridized carbons (Fsp3) is 0.435. The number of pyridine rings is 1. The van der Waals surface area contributed by atoms with Crippen molar-refractivity contribution >= 4 is 26.8 Å². The standard InChI is InChI=1S/C23H27FN4O5S/c1-13(14(2)29)28-19-9-17(22(30)26-23(4)11-34(31,32)12-23)10-25-21(19)20(27-28)16-6-5-7-18(8-16)33-15(3)24/h5-10,13-15,29H,11-12H2,1-4H3,(H,26,30)/t13-,14+,15?/m0/s1. The topological polar surface area (TPSA) is 123 Å². The molecule has 0 saturated carbocycles. The summed E-state index contributed by atoms with van der Waals surface area (Å²) in [6.45, 7) is 6.40. The molecule has 1 aliphatic heterocycles. The number of hydrogen-bond acceptors (Lipinski definition) is 7. The molecule has 1 saturated heterocycles. The van der Waals surface area contributed by atoms with E-state index in [1.165, 1.54) is 13.1 Å². The molecule has 3 atom stereocenters. The summed E-state index contributed by atoms with van der Waals surface area (Å²) >= 11 is 0. The van der Waals surface area contributed by atoms with Crippen LogP contribution in [0.4, 0.5) is 4.39 Å². The second kappa shape index (κ2) is 8.62. The molecule has 0 radical (unpaired) electrons. The van der Waals surface area contributed by atoms with Crippen LogP contribution in [0.2, 0.25) is 0 Å². The van der Waals surface area contributed by atoms with Gasteiger partial charge in [0.25, 0.3) is 5.91 Å². The Morgan fingerprint density at radius 1 is 1.26 bits per heavy atom. The number of carbonyl (C=O) groups is 1. The summed E-state index contributed by atoms with van der Waals surface area (Å²) in [6, 6.07) is 7.97. The van der Waals surface area contributed by atoms with E-state index in [0.717, 1.165) is 0 Å². The van der Waals surface area contributed by atoms with Crippen LogP contribution in [0.15, 0.2) is 36.5 Å². The minimum Gasteiger partial charge on any atom is -0.461 e. The zero-order valence-electron chi connectivity index (χ0n) is 19.3. The van der Waals surface area contributed by atoms with Gasteiger partial charge in [-0.05, 0) is 39.0 Å². The van der Waals surface area contributed by atoms with Crippen molar-refractivity contribution in [3.63, 3.8) is 0 Å². The largest absolute Gasteiger partial charge is 0.461 e. The average Bonchev–Trinajstić information content (AvgIpc) is 3.09. The molecule has 0 bridgehead atoms. The molecular weight excluding hydrogens is 463 g/mol. The number of aliphatic hydroxyl groups is 1. The van der Waals surface area contributed by atoms with Crippen LogP contribution in [0.25, 0.3) is 22.3 Å². The van der Waals surface area contributed by atoms with E-state index in [1.807, 2.05) is 0 Å². The summed E-state index contributed by atoms with van der Waals surface area (Å²) < 4.78 is 43.2. The first-order valence-electron chi connectivity index (χ1n) is 10.9. The lowest BCUT2D eigenvalue weighted by Gasteiger charge is -2.38. The first-order chi connectivity index (χ1) is 15.9. The van der Waals surface area contributed by atoms with E-state index in [4.69, 9.17) is 4.74 Å². The second-order valence-corrected chi connectivity index (χ2v) is 11.2. The molecule has 1 amide bonds. The number of nitrogens with one attached hydrogen (secondary N) is 1. The van der Waals surface area contributed by atoms with Crippen molar-refractivity contribution in [2.75, 3.05) is 11.5 Å². The summed E-state index contributed by atoms with van der Waals surface area (Å²) in [5.41, 5.74) is 1.56. The van der Waals surface area contributed by atoms with Gasteiger partial charge < -0.3 is 15.2 Å². The number of sulfone groups is 1. The first-order valence-corrected chi connectivity index (χ1v) is 12.7. The third-order valence-corrected chi connectivity index (χ3v) is 7.94. The van der Waals surface area contributed by atoms with Crippen LogP contribution in [0.1, 0.15) is 44.1 Å². The van der Waals surface area contributed by atoms with Gasteiger partial charge in [0.1, 0.15) is 17.0 Å². The van der Waals surface area contributed by atoms with Crippen molar-refractivity contribution in [2.45, 2.75) is 51.7 Å². The SMILES string of the molecule is CC(F)Oc1cccc(-c2nn([C@@H](C)[C@@H](C)O)c3cc(C(=O)NC4(C)CS(=O)(=O)C4)cnc23)c1. The number of aliphatic hydroxyl groups excluding tert-OH is 1. The Hall–Kier alpha value is -3.05. The molecule has 0 aliphatic carbocycles. The maximum absolute atomic E-state index is 13.3. The van der Waals surface area contributed by atoms with E-state index in [-0.39, 0.29) is 17.1 Å². The Labute approximate surface area is 196 Å². The molecule has 11 heteroatoms. The fourth-order valence-corrected chi connectivity index (χ4v) is 6.11. The Morgan fingerprint density at radius 3 is 2.59 bits per heavy atom. The zero-order valence-corrected chi connectivity index (χ0v) is 20.1. The van der Waals surface area contributed by atoms with Crippen molar-refractivity contribution < 1.29 is 27.4 Å². The average molecular weight is 491 g/mol. The fourth-order valence-electron chi connectivity index (χ4n) is 4.10. The second-order valence-electron chi connectivity index (χ2n) is 9.10. The highest BCUT2D eigenvalue weighted by Gasteiger charge is 2.45. The van der Waals surface area contributed by atoms with Crippen molar-refractivity contribution in [3.8, 4) is 17.0 Å². The van der Waals surface area contributed by atoms with Gasteiger partial charge in [0.2, 0.25) is 6.36 Å². The van der Waals surface area contributed by atoms with Gasteiger partial charge in [0.15, 0.2) is 9.84 Å². The van der Waals surface area contributed by atoms with Crippen molar-refractivity contribution in [3.05, 3.63) is 42.1 Å². The lowest BCUT2D eigenvalue weighted by Crippen LogP contribution is -2.63. The number of fused-ring (bicyclic) bond motifs is 1. The van der Waals surface area contributed by atoms with E-state index in [1.54, 1.807) is 55.8 Å². The number of rotatable bonds is 7. The van der Waals surface area contributed by atoms with Gasteiger partial charge in [0, 0.05) is 18.7 Å². The van der Waals surface area contributed by atoms with Crippen LogP contribution < -0.4 is 10.1 Å². The Kier molecular flexibility index (Phi) is 6.11. The van der Waals surface area contributed by atoms with Crippen LogP contribution in [-0.2, 0) is 9.84 Å². The van der Waals surface area contributed by atoms with Gasteiger partial charge in [0.05, 0.1) is 40.3 Å². The highest BCUT2D eigenvalue weighted by Crippen LogP contribution is 2.32. The van der Waals surface area contributed by atoms with Crippen molar-refractivity contribution in [2.24, 2.45) is 0 Å². The lowest BCUT2D eigenvalue weighted by molar-refractivity contribution is 0.0860. The van der Waals surface area contributed by atoms with E-state index < -0.39 is 39.8 Å². The number of halogens is 1. The van der Waals surface area contributed by atoms with Gasteiger partial charge in [-0.15, -0.1) is 0 Å². The summed E-state index contributed by atoms with van der Waals surface area (Å²) in [4.78, 5) is 17.3. The maximum atomic E-state index is 13.3. The molecule has 3 heterocycles. The van der Waals surface area contributed by atoms with E-state index in [2.05, 4.69) is 15.4 Å².